The largest absolute Gasteiger partial charge is 0.490 e. The van der Waals surface area contributed by atoms with Gasteiger partial charge in [0.15, 0.2) is 11.5 Å². The number of amides is 1. The fourth-order valence-corrected chi connectivity index (χ4v) is 2.80. The van der Waals surface area contributed by atoms with Gasteiger partial charge in [-0.2, -0.15) is 0 Å². The molecule has 2 aromatic rings. The van der Waals surface area contributed by atoms with E-state index in [1.54, 1.807) is 17.0 Å². The van der Waals surface area contributed by atoms with E-state index in [0.29, 0.717) is 42.5 Å². The smallest absolute Gasteiger partial charge is 0.257 e. The normalized spacial score (nSPS) is 16.9. The number of benzene rings is 2. The van der Waals surface area contributed by atoms with Gasteiger partial charge < -0.3 is 20.1 Å². The van der Waals surface area contributed by atoms with Crippen LogP contribution in [0.1, 0.15) is 23.7 Å². The molecule has 5 heteroatoms. The van der Waals surface area contributed by atoms with Crippen LogP contribution in [0.4, 0.5) is 0 Å². The van der Waals surface area contributed by atoms with Crippen molar-refractivity contribution in [2.45, 2.75) is 19.4 Å². The van der Waals surface area contributed by atoms with Gasteiger partial charge in [0.1, 0.15) is 5.75 Å². The summed E-state index contributed by atoms with van der Waals surface area (Å²) in [5.41, 5.74) is 6.45. The number of carbonyl (C=O) groups is 1. The zero-order chi connectivity index (χ0) is 16.9. The van der Waals surface area contributed by atoms with E-state index in [1.165, 1.54) is 0 Å². The van der Waals surface area contributed by atoms with E-state index in [9.17, 15) is 4.79 Å². The summed E-state index contributed by atoms with van der Waals surface area (Å²) in [5.74, 6) is 1.73. The van der Waals surface area contributed by atoms with E-state index in [0.717, 1.165) is 6.42 Å². The molecule has 2 N–H and O–H groups in total. The Bertz CT molecular complexity index is 717. The Morgan fingerprint density at radius 3 is 2.46 bits per heavy atom. The molecule has 1 heterocycles. The van der Waals surface area contributed by atoms with Crippen LogP contribution in [-0.2, 0) is 0 Å². The quantitative estimate of drug-likeness (QED) is 0.917. The molecular weight excluding hydrogens is 304 g/mol. The van der Waals surface area contributed by atoms with Crippen molar-refractivity contribution in [1.82, 2.24) is 4.90 Å². The molecule has 5 nitrogen and oxygen atoms in total. The molecule has 1 fully saturated rings. The molecule has 0 spiro atoms. The Morgan fingerprint density at radius 2 is 1.79 bits per heavy atom. The summed E-state index contributed by atoms with van der Waals surface area (Å²) in [5, 5.41) is 0. The van der Waals surface area contributed by atoms with Gasteiger partial charge in [-0.25, -0.2) is 0 Å². The zero-order valence-electron chi connectivity index (χ0n) is 13.8. The zero-order valence-corrected chi connectivity index (χ0v) is 13.8. The summed E-state index contributed by atoms with van der Waals surface area (Å²) in [6, 6.07) is 14.8. The van der Waals surface area contributed by atoms with Crippen molar-refractivity contribution < 1.29 is 14.3 Å². The molecular formula is C19H22N2O3. The summed E-state index contributed by atoms with van der Waals surface area (Å²) in [7, 11) is 0. The highest BCUT2D eigenvalue weighted by atomic mass is 16.5. The molecule has 0 radical (unpaired) electrons. The Hall–Kier alpha value is -2.53. The molecule has 0 aromatic heterocycles. The maximum absolute atomic E-state index is 12.8. The average Bonchev–Trinajstić information content (AvgIpc) is 3.03. The van der Waals surface area contributed by atoms with E-state index < -0.39 is 0 Å². The molecule has 2 aromatic carbocycles. The van der Waals surface area contributed by atoms with Gasteiger partial charge in [0.25, 0.3) is 5.91 Å². The van der Waals surface area contributed by atoms with E-state index in [4.69, 9.17) is 15.2 Å². The van der Waals surface area contributed by atoms with Crippen molar-refractivity contribution in [3.05, 3.63) is 54.1 Å². The van der Waals surface area contributed by atoms with Crippen LogP contribution in [-0.4, -0.2) is 36.5 Å². The lowest BCUT2D eigenvalue weighted by Gasteiger charge is -2.18. The molecule has 126 valence electrons. The molecule has 0 aliphatic carbocycles. The second-order valence-electron chi connectivity index (χ2n) is 5.78. The number of hydrogen-bond acceptors (Lipinski definition) is 4. The fourth-order valence-electron chi connectivity index (χ4n) is 2.80. The lowest BCUT2D eigenvalue weighted by atomic mass is 10.1. The molecule has 1 amide bonds. The van der Waals surface area contributed by atoms with Crippen molar-refractivity contribution >= 4 is 5.91 Å². The van der Waals surface area contributed by atoms with Crippen molar-refractivity contribution in [2.75, 3.05) is 19.7 Å². The highest BCUT2D eigenvalue weighted by molar-refractivity contribution is 5.97. The maximum Gasteiger partial charge on any atom is 0.257 e. The summed E-state index contributed by atoms with van der Waals surface area (Å²) < 4.78 is 11.6. The first-order valence-electron chi connectivity index (χ1n) is 8.22. The van der Waals surface area contributed by atoms with Gasteiger partial charge in [0, 0.05) is 19.1 Å². The number of nitrogens with two attached hydrogens (primary N) is 1. The first kappa shape index (κ1) is 16.3. The Kier molecular flexibility index (Phi) is 5.01. The standard InChI is InChI=1S/C19H22N2O3/c1-2-23-17-9-5-6-10-18(17)24-16-8-4-3-7-15(16)19(22)21-12-11-14(20)13-21/h3-10,14H,2,11-13,20H2,1H3/t14-/m1/s1. The lowest BCUT2D eigenvalue weighted by Crippen LogP contribution is -2.32. The third-order valence-corrected chi connectivity index (χ3v) is 4.00. The molecule has 3 rings (SSSR count). The lowest BCUT2D eigenvalue weighted by molar-refractivity contribution is 0.0788. The maximum atomic E-state index is 12.8. The van der Waals surface area contributed by atoms with Gasteiger partial charge in [-0.1, -0.05) is 24.3 Å². The van der Waals surface area contributed by atoms with Crippen LogP contribution in [0.2, 0.25) is 0 Å². The van der Waals surface area contributed by atoms with Crippen molar-refractivity contribution in [3.8, 4) is 17.2 Å². The molecule has 1 aliphatic rings. The minimum absolute atomic E-state index is 0.0487. The highest BCUT2D eigenvalue weighted by Crippen LogP contribution is 2.33. The van der Waals surface area contributed by atoms with Gasteiger partial charge in [0.05, 0.1) is 12.2 Å². The number of para-hydroxylation sites is 3. The third kappa shape index (κ3) is 3.51. The van der Waals surface area contributed by atoms with Crippen LogP contribution >= 0.6 is 0 Å². The Labute approximate surface area is 142 Å². The molecule has 1 atom stereocenters. The van der Waals surface area contributed by atoms with Gasteiger partial charge in [0.2, 0.25) is 0 Å². The highest BCUT2D eigenvalue weighted by Gasteiger charge is 2.26. The first-order chi connectivity index (χ1) is 11.7. The number of nitrogens with zero attached hydrogens (tertiary/aromatic N) is 1. The van der Waals surface area contributed by atoms with E-state index in [-0.39, 0.29) is 11.9 Å². The number of ether oxygens (including phenoxy) is 2. The molecule has 1 saturated heterocycles. The topological polar surface area (TPSA) is 64.8 Å². The Morgan fingerprint density at radius 1 is 1.12 bits per heavy atom. The van der Waals surface area contributed by atoms with E-state index >= 15 is 0 Å². The molecule has 0 bridgehead atoms. The third-order valence-electron chi connectivity index (χ3n) is 4.00. The van der Waals surface area contributed by atoms with Crippen LogP contribution in [0.3, 0.4) is 0 Å². The van der Waals surface area contributed by atoms with Crippen molar-refractivity contribution in [1.29, 1.82) is 0 Å². The van der Waals surface area contributed by atoms with E-state index in [1.807, 2.05) is 43.3 Å². The first-order valence-corrected chi connectivity index (χ1v) is 8.22. The summed E-state index contributed by atoms with van der Waals surface area (Å²) in [6.45, 7) is 3.74. The SMILES string of the molecule is CCOc1ccccc1Oc1ccccc1C(=O)N1CC[C@@H](N)C1. The number of carbonyl (C=O) groups excluding carboxylic acids is 1. The van der Waals surface area contributed by atoms with E-state index in [2.05, 4.69) is 0 Å². The van der Waals surface area contributed by atoms with Gasteiger partial charge >= 0.3 is 0 Å². The van der Waals surface area contributed by atoms with Crippen LogP contribution in [0.25, 0.3) is 0 Å². The van der Waals surface area contributed by atoms with Crippen molar-refractivity contribution in [2.24, 2.45) is 5.73 Å². The minimum atomic E-state index is -0.0487. The van der Waals surface area contributed by atoms with Crippen molar-refractivity contribution in [3.63, 3.8) is 0 Å². The predicted molar refractivity (Wildman–Crippen MR) is 92.6 cm³/mol. The predicted octanol–water partition coefficient (Wildman–Crippen LogP) is 3.05. The average molecular weight is 326 g/mol. The van der Waals surface area contributed by atoms with Crippen LogP contribution in [0, 0.1) is 0 Å². The Balaban J connectivity index is 1.86. The van der Waals surface area contributed by atoms with Gasteiger partial charge in [-0.05, 0) is 37.6 Å². The van der Waals surface area contributed by atoms with Crippen LogP contribution in [0.5, 0.6) is 17.2 Å². The number of hydrogen-bond donors (Lipinski definition) is 1. The van der Waals surface area contributed by atoms with Gasteiger partial charge in [-0.3, -0.25) is 4.79 Å². The summed E-state index contributed by atoms with van der Waals surface area (Å²) in [4.78, 5) is 14.6. The molecule has 24 heavy (non-hydrogen) atoms. The number of likely N-dealkylation sites (tertiary alicyclic amines) is 1. The van der Waals surface area contributed by atoms with Gasteiger partial charge in [-0.15, -0.1) is 0 Å². The fraction of sp³-hybridized carbons (Fsp3) is 0.316. The summed E-state index contributed by atoms with van der Waals surface area (Å²) in [6.07, 6.45) is 0.835. The molecule has 0 unspecified atom stereocenters. The molecule has 1 aliphatic heterocycles. The second kappa shape index (κ2) is 7.36. The van der Waals surface area contributed by atoms with Crippen LogP contribution < -0.4 is 15.2 Å². The molecule has 0 saturated carbocycles. The number of rotatable bonds is 5. The minimum Gasteiger partial charge on any atom is -0.490 e. The monoisotopic (exact) mass is 326 g/mol. The van der Waals surface area contributed by atoms with Crippen LogP contribution in [0.15, 0.2) is 48.5 Å². The summed E-state index contributed by atoms with van der Waals surface area (Å²) >= 11 is 0. The second-order valence-corrected chi connectivity index (χ2v) is 5.78.